The number of halogens is 1. The predicted molar refractivity (Wildman–Crippen MR) is 87.8 cm³/mol. The summed E-state index contributed by atoms with van der Waals surface area (Å²) in [6.07, 6.45) is 1.64. The predicted octanol–water partition coefficient (Wildman–Crippen LogP) is 2.50. The quantitative estimate of drug-likeness (QED) is 0.851. The summed E-state index contributed by atoms with van der Waals surface area (Å²) in [5.41, 5.74) is 0.946. The molecule has 0 radical (unpaired) electrons. The SMILES string of the molecule is COc1ccc(NC(=O)CCNC(=O)c2ccccc2Cl)cn1. The molecule has 0 atom stereocenters. The minimum absolute atomic E-state index is 0.141. The summed E-state index contributed by atoms with van der Waals surface area (Å²) in [4.78, 5) is 27.7. The van der Waals surface area contributed by atoms with Gasteiger partial charge >= 0.3 is 0 Å². The first kappa shape index (κ1) is 16.8. The third-order valence-corrected chi connectivity index (χ3v) is 3.31. The fourth-order valence-corrected chi connectivity index (χ4v) is 2.05. The number of nitrogens with one attached hydrogen (secondary N) is 2. The highest BCUT2D eigenvalue weighted by atomic mass is 35.5. The van der Waals surface area contributed by atoms with Gasteiger partial charge in [0.25, 0.3) is 5.91 Å². The zero-order chi connectivity index (χ0) is 16.7. The van der Waals surface area contributed by atoms with Crippen molar-refractivity contribution in [3.05, 3.63) is 53.2 Å². The van der Waals surface area contributed by atoms with Gasteiger partial charge in [-0.1, -0.05) is 23.7 Å². The number of methoxy groups -OCH3 is 1. The van der Waals surface area contributed by atoms with Gasteiger partial charge in [0.2, 0.25) is 11.8 Å². The summed E-state index contributed by atoms with van der Waals surface area (Å²) in [6, 6.07) is 10.1. The Kier molecular flexibility index (Phi) is 5.94. The molecule has 1 aromatic heterocycles. The lowest BCUT2D eigenvalue weighted by Gasteiger charge is -2.08. The number of anilines is 1. The lowest BCUT2D eigenvalue weighted by molar-refractivity contribution is -0.116. The maximum atomic E-state index is 11.9. The van der Waals surface area contributed by atoms with Crippen molar-refractivity contribution in [1.82, 2.24) is 10.3 Å². The highest BCUT2D eigenvalue weighted by Crippen LogP contribution is 2.14. The van der Waals surface area contributed by atoms with Crippen LogP contribution in [-0.4, -0.2) is 30.5 Å². The third-order valence-electron chi connectivity index (χ3n) is 2.99. The van der Waals surface area contributed by atoms with E-state index in [1.165, 1.54) is 13.3 Å². The van der Waals surface area contributed by atoms with Crippen molar-refractivity contribution >= 4 is 29.1 Å². The lowest BCUT2D eigenvalue weighted by atomic mass is 10.2. The van der Waals surface area contributed by atoms with Crippen LogP contribution in [0, 0.1) is 0 Å². The summed E-state index contributed by atoms with van der Waals surface area (Å²) >= 11 is 5.94. The summed E-state index contributed by atoms with van der Waals surface area (Å²) < 4.78 is 4.93. The van der Waals surface area contributed by atoms with Gasteiger partial charge < -0.3 is 15.4 Å². The van der Waals surface area contributed by atoms with Crippen molar-refractivity contribution < 1.29 is 14.3 Å². The fourth-order valence-electron chi connectivity index (χ4n) is 1.83. The third kappa shape index (κ3) is 4.96. The number of ether oxygens (including phenoxy) is 1. The first-order valence-electron chi connectivity index (χ1n) is 6.93. The van der Waals surface area contributed by atoms with Crippen molar-refractivity contribution in [2.75, 3.05) is 19.0 Å². The molecule has 7 heteroatoms. The van der Waals surface area contributed by atoms with E-state index in [4.69, 9.17) is 16.3 Å². The van der Waals surface area contributed by atoms with Crippen LogP contribution in [0.1, 0.15) is 16.8 Å². The van der Waals surface area contributed by atoms with E-state index in [0.29, 0.717) is 22.2 Å². The number of pyridine rings is 1. The summed E-state index contributed by atoms with van der Waals surface area (Å²) in [7, 11) is 1.52. The molecule has 0 saturated carbocycles. The van der Waals surface area contributed by atoms with Gasteiger partial charge in [-0.15, -0.1) is 0 Å². The van der Waals surface area contributed by atoms with Gasteiger partial charge in [0.15, 0.2) is 0 Å². The number of hydrogen-bond donors (Lipinski definition) is 2. The Morgan fingerprint density at radius 2 is 2.00 bits per heavy atom. The minimum atomic E-state index is -0.311. The fraction of sp³-hybridized carbons (Fsp3) is 0.188. The van der Waals surface area contributed by atoms with E-state index in [1.807, 2.05) is 0 Å². The first-order valence-corrected chi connectivity index (χ1v) is 7.30. The zero-order valence-electron chi connectivity index (χ0n) is 12.5. The molecule has 0 unspecified atom stereocenters. The van der Waals surface area contributed by atoms with Crippen molar-refractivity contribution in [3.8, 4) is 5.88 Å². The van der Waals surface area contributed by atoms with E-state index in [-0.39, 0.29) is 24.8 Å². The summed E-state index contributed by atoms with van der Waals surface area (Å²) in [5, 5.41) is 5.71. The molecule has 6 nitrogen and oxygen atoms in total. The van der Waals surface area contributed by atoms with Crippen LogP contribution >= 0.6 is 11.6 Å². The zero-order valence-corrected chi connectivity index (χ0v) is 13.3. The number of nitrogens with zero attached hydrogens (tertiary/aromatic N) is 1. The Morgan fingerprint density at radius 1 is 1.22 bits per heavy atom. The normalized spacial score (nSPS) is 10.0. The van der Waals surface area contributed by atoms with Gasteiger partial charge in [0, 0.05) is 19.0 Å². The number of carbonyl (C=O) groups excluding carboxylic acids is 2. The molecule has 0 bridgehead atoms. The number of rotatable bonds is 6. The molecule has 1 aromatic carbocycles. The van der Waals surface area contributed by atoms with E-state index < -0.39 is 0 Å². The van der Waals surface area contributed by atoms with E-state index in [9.17, 15) is 9.59 Å². The highest BCUT2D eigenvalue weighted by Gasteiger charge is 2.10. The molecule has 0 aliphatic heterocycles. The molecular weight excluding hydrogens is 318 g/mol. The second-order valence-corrected chi connectivity index (χ2v) is 5.03. The van der Waals surface area contributed by atoms with Crippen LogP contribution < -0.4 is 15.4 Å². The first-order chi connectivity index (χ1) is 11.1. The van der Waals surface area contributed by atoms with Gasteiger partial charge in [-0.2, -0.15) is 0 Å². The van der Waals surface area contributed by atoms with Crippen LogP contribution in [0.2, 0.25) is 5.02 Å². The number of hydrogen-bond acceptors (Lipinski definition) is 4. The second kappa shape index (κ2) is 8.14. The number of amides is 2. The minimum Gasteiger partial charge on any atom is -0.481 e. The Balaban J connectivity index is 1.78. The monoisotopic (exact) mass is 333 g/mol. The molecular formula is C16H16ClN3O3. The van der Waals surface area contributed by atoms with Gasteiger partial charge in [-0.05, 0) is 18.2 Å². The topological polar surface area (TPSA) is 80.3 Å². The van der Waals surface area contributed by atoms with Crippen LogP contribution in [0.5, 0.6) is 5.88 Å². The molecule has 2 rings (SSSR count). The van der Waals surface area contributed by atoms with Crippen LogP contribution in [0.25, 0.3) is 0 Å². The molecule has 23 heavy (non-hydrogen) atoms. The number of benzene rings is 1. The van der Waals surface area contributed by atoms with E-state index in [1.54, 1.807) is 36.4 Å². The molecule has 2 amide bonds. The van der Waals surface area contributed by atoms with E-state index in [2.05, 4.69) is 15.6 Å². The number of aromatic nitrogens is 1. The van der Waals surface area contributed by atoms with Crippen LogP contribution in [-0.2, 0) is 4.79 Å². The molecule has 0 fully saturated rings. The van der Waals surface area contributed by atoms with Crippen molar-refractivity contribution in [2.45, 2.75) is 6.42 Å². The van der Waals surface area contributed by atoms with E-state index in [0.717, 1.165) is 0 Å². The molecule has 0 saturated heterocycles. The molecule has 1 heterocycles. The Bertz CT molecular complexity index is 689. The van der Waals surface area contributed by atoms with Crippen molar-refractivity contribution in [1.29, 1.82) is 0 Å². The molecule has 0 aliphatic carbocycles. The Morgan fingerprint density at radius 3 is 2.65 bits per heavy atom. The summed E-state index contributed by atoms with van der Waals surface area (Å²) in [5.74, 6) is -0.0686. The highest BCUT2D eigenvalue weighted by molar-refractivity contribution is 6.33. The molecule has 2 aromatic rings. The molecule has 2 N–H and O–H groups in total. The van der Waals surface area contributed by atoms with Gasteiger partial charge in [0.1, 0.15) is 0 Å². The van der Waals surface area contributed by atoms with Crippen molar-refractivity contribution in [3.63, 3.8) is 0 Å². The van der Waals surface area contributed by atoms with Gasteiger partial charge in [-0.3, -0.25) is 9.59 Å². The Hall–Kier alpha value is -2.60. The standard InChI is InChI=1S/C16H16ClN3O3/c1-23-15-7-6-11(10-19-15)20-14(21)8-9-18-16(22)12-4-2-3-5-13(12)17/h2-7,10H,8-9H2,1H3,(H,18,22)(H,20,21). The average Bonchev–Trinajstić information content (AvgIpc) is 2.56. The largest absolute Gasteiger partial charge is 0.481 e. The molecule has 0 aliphatic rings. The Labute approximate surface area is 138 Å². The van der Waals surface area contributed by atoms with Crippen molar-refractivity contribution in [2.24, 2.45) is 0 Å². The summed E-state index contributed by atoms with van der Waals surface area (Å²) in [6.45, 7) is 0.208. The van der Waals surface area contributed by atoms with Gasteiger partial charge in [0.05, 0.1) is 29.6 Å². The van der Waals surface area contributed by atoms with E-state index >= 15 is 0 Å². The lowest BCUT2D eigenvalue weighted by Crippen LogP contribution is -2.27. The van der Waals surface area contributed by atoms with Crippen LogP contribution in [0.3, 0.4) is 0 Å². The average molecular weight is 334 g/mol. The maximum Gasteiger partial charge on any atom is 0.252 e. The maximum absolute atomic E-state index is 11.9. The number of carbonyl (C=O) groups is 2. The smallest absolute Gasteiger partial charge is 0.252 e. The van der Waals surface area contributed by atoms with Crippen LogP contribution in [0.15, 0.2) is 42.6 Å². The van der Waals surface area contributed by atoms with Crippen LogP contribution in [0.4, 0.5) is 5.69 Å². The molecule has 120 valence electrons. The molecule has 0 spiro atoms. The second-order valence-electron chi connectivity index (χ2n) is 4.62. The van der Waals surface area contributed by atoms with Gasteiger partial charge in [-0.25, -0.2) is 4.98 Å².